The monoisotopic (exact) mass is 316 g/mol. The summed E-state index contributed by atoms with van der Waals surface area (Å²) in [6.07, 6.45) is 2.11. The van der Waals surface area contributed by atoms with Crippen molar-refractivity contribution < 1.29 is 9.53 Å². The molecule has 0 bridgehead atoms. The average Bonchev–Trinajstić information content (AvgIpc) is 3.24. The molecule has 4 heteroatoms. The summed E-state index contributed by atoms with van der Waals surface area (Å²) in [5.74, 6) is 2.36. The molecule has 2 aliphatic rings. The predicted molar refractivity (Wildman–Crippen MR) is 91.7 cm³/mol. The Morgan fingerprint density at radius 2 is 2.13 bits per heavy atom. The van der Waals surface area contributed by atoms with Crippen LogP contribution < -0.4 is 4.74 Å². The molecule has 4 nitrogen and oxygen atoms in total. The molecular formula is C19H28N2O2. The van der Waals surface area contributed by atoms with E-state index >= 15 is 0 Å². The summed E-state index contributed by atoms with van der Waals surface area (Å²) in [7, 11) is 5.93. The molecule has 4 atom stereocenters. The number of likely N-dealkylation sites (tertiary alicyclic amines) is 1. The Balaban J connectivity index is 1.64. The number of carbonyl (C=O) groups excluding carboxylic acids is 1. The number of nitrogens with zero attached hydrogens (tertiary/aromatic N) is 2. The van der Waals surface area contributed by atoms with Crippen LogP contribution in [0.3, 0.4) is 0 Å². The van der Waals surface area contributed by atoms with Crippen molar-refractivity contribution in [3.63, 3.8) is 0 Å². The topological polar surface area (TPSA) is 32.8 Å². The van der Waals surface area contributed by atoms with E-state index < -0.39 is 0 Å². The number of likely N-dealkylation sites (N-methyl/N-ethyl adjacent to an activating group) is 1. The van der Waals surface area contributed by atoms with E-state index in [2.05, 4.69) is 43.0 Å². The molecule has 1 aromatic rings. The maximum absolute atomic E-state index is 12.9. The van der Waals surface area contributed by atoms with Gasteiger partial charge in [0, 0.05) is 25.0 Å². The van der Waals surface area contributed by atoms with Crippen molar-refractivity contribution in [2.45, 2.75) is 31.7 Å². The average molecular weight is 316 g/mol. The van der Waals surface area contributed by atoms with E-state index in [0.29, 0.717) is 23.8 Å². The zero-order chi connectivity index (χ0) is 16.6. The van der Waals surface area contributed by atoms with Crippen molar-refractivity contribution >= 4 is 5.91 Å². The number of hydrogen-bond acceptors (Lipinski definition) is 3. The van der Waals surface area contributed by atoms with Crippen LogP contribution in [0.1, 0.15) is 31.2 Å². The van der Waals surface area contributed by atoms with Crippen LogP contribution in [0.5, 0.6) is 5.75 Å². The predicted octanol–water partition coefficient (Wildman–Crippen LogP) is 2.60. The fourth-order valence-electron chi connectivity index (χ4n) is 3.96. The summed E-state index contributed by atoms with van der Waals surface area (Å²) < 4.78 is 5.30. The van der Waals surface area contributed by atoms with Gasteiger partial charge in [-0.3, -0.25) is 4.79 Å². The summed E-state index contributed by atoms with van der Waals surface area (Å²) in [4.78, 5) is 17.2. The Bertz CT molecular complexity index is 572. The third-order valence-corrected chi connectivity index (χ3v) is 5.54. The molecule has 3 rings (SSSR count). The molecule has 0 unspecified atom stereocenters. The van der Waals surface area contributed by atoms with Gasteiger partial charge in [0.25, 0.3) is 0 Å². The van der Waals surface area contributed by atoms with Gasteiger partial charge in [-0.2, -0.15) is 0 Å². The quantitative estimate of drug-likeness (QED) is 0.837. The van der Waals surface area contributed by atoms with Crippen molar-refractivity contribution in [1.82, 2.24) is 9.80 Å². The molecule has 1 aromatic carbocycles. The summed E-state index contributed by atoms with van der Waals surface area (Å²) in [5.41, 5.74) is 1.23. The summed E-state index contributed by atoms with van der Waals surface area (Å²) in [5, 5.41) is 0. The zero-order valence-electron chi connectivity index (χ0n) is 14.7. The highest BCUT2D eigenvalue weighted by Gasteiger charge is 2.48. The van der Waals surface area contributed by atoms with Gasteiger partial charge in [-0.1, -0.05) is 25.5 Å². The molecule has 1 aliphatic heterocycles. The van der Waals surface area contributed by atoms with Gasteiger partial charge < -0.3 is 14.5 Å². The number of rotatable bonds is 5. The first-order chi connectivity index (χ1) is 11.0. The molecule has 0 spiro atoms. The second-order valence-electron chi connectivity index (χ2n) is 7.17. The molecule has 1 saturated heterocycles. The lowest BCUT2D eigenvalue weighted by molar-refractivity contribution is -0.131. The Kier molecular flexibility index (Phi) is 4.62. The first-order valence-electron chi connectivity index (χ1n) is 8.64. The van der Waals surface area contributed by atoms with Gasteiger partial charge in [-0.25, -0.2) is 0 Å². The van der Waals surface area contributed by atoms with Gasteiger partial charge in [0.15, 0.2) is 0 Å². The maximum atomic E-state index is 12.9. The van der Waals surface area contributed by atoms with Crippen molar-refractivity contribution in [1.29, 1.82) is 0 Å². The van der Waals surface area contributed by atoms with Crippen LogP contribution in [-0.4, -0.2) is 56.0 Å². The van der Waals surface area contributed by atoms with Crippen LogP contribution >= 0.6 is 0 Å². The minimum Gasteiger partial charge on any atom is -0.497 e. The fourth-order valence-corrected chi connectivity index (χ4v) is 3.96. The first-order valence-corrected chi connectivity index (χ1v) is 8.64. The van der Waals surface area contributed by atoms with E-state index in [1.165, 1.54) is 5.56 Å². The highest BCUT2D eigenvalue weighted by atomic mass is 16.5. The number of amides is 1. The normalized spacial score (nSPS) is 29.9. The lowest BCUT2D eigenvalue weighted by Gasteiger charge is -2.23. The molecule has 0 N–H and O–H groups in total. The highest BCUT2D eigenvalue weighted by Crippen LogP contribution is 2.49. The molecule has 2 fully saturated rings. The van der Waals surface area contributed by atoms with E-state index in [1.54, 1.807) is 7.11 Å². The fraction of sp³-hybridized carbons (Fsp3) is 0.632. The number of methoxy groups -OCH3 is 1. The Morgan fingerprint density at radius 3 is 2.74 bits per heavy atom. The Hall–Kier alpha value is -1.55. The van der Waals surface area contributed by atoms with E-state index in [9.17, 15) is 4.79 Å². The van der Waals surface area contributed by atoms with E-state index in [4.69, 9.17) is 4.74 Å². The number of ether oxygens (including phenoxy) is 1. The van der Waals surface area contributed by atoms with Gasteiger partial charge in [-0.05, 0) is 50.0 Å². The minimum absolute atomic E-state index is 0.167. The number of hydrogen-bond donors (Lipinski definition) is 0. The van der Waals surface area contributed by atoms with E-state index in [1.807, 2.05) is 12.1 Å². The van der Waals surface area contributed by atoms with E-state index in [0.717, 1.165) is 31.7 Å². The highest BCUT2D eigenvalue weighted by molar-refractivity contribution is 5.83. The van der Waals surface area contributed by atoms with Crippen LogP contribution in [0.4, 0.5) is 0 Å². The van der Waals surface area contributed by atoms with Crippen molar-refractivity contribution in [2.24, 2.45) is 11.8 Å². The van der Waals surface area contributed by atoms with E-state index in [-0.39, 0.29) is 5.92 Å². The summed E-state index contributed by atoms with van der Waals surface area (Å²) in [6.45, 7) is 4.02. The van der Waals surface area contributed by atoms with Gasteiger partial charge in [0.1, 0.15) is 5.75 Å². The Morgan fingerprint density at radius 1 is 1.35 bits per heavy atom. The lowest BCUT2D eigenvalue weighted by Crippen LogP contribution is -2.36. The van der Waals surface area contributed by atoms with Crippen molar-refractivity contribution in [3.05, 3.63) is 29.8 Å². The third-order valence-electron chi connectivity index (χ3n) is 5.54. The van der Waals surface area contributed by atoms with Crippen LogP contribution in [0.2, 0.25) is 0 Å². The smallest absolute Gasteiger partial charge is 0.226 e. The molecule has 1 aliphatic carbocycles. The molecule has 1 saturated carbocycles. The van der Waals surface area contributed by atoms with Gasteiger partial charge in [-0.15, -0.1) is 0 Å². The molecule has 1 heterocycles. The van der Waals surface area contributed by atoms with Crippen molar-refractivity contribution in [3.8, 4) is 5.75 Å². The van der Waals surface area contributed by atoms with Gasteiger partial charge in [0.2, 0.25) is 5.91 Å². The SMILES string of the molecule is CC[C@@H]1CN(C(=O)[C@@H]2C[C@@H]2c2cccc(OC)c2)C[C@@H]1N(C)C. The second kappa shape index (κ2) is 6.52. The van der Waals surface area contributed by atoms with Crippen LogP contribution in [0.25, 0.3) is 0 Å². The third kappa shape index (κ3) is 3.23. The molecule has 0 radical (unpaired) electrons. The van der Waals surface area contributed by atoms with Gasteiger partial charge in [0.05, 0.1) is 7.11 Å². The van der Waals surface area contributed by atoms with Gasteiger partial charge >= 0.3 is 0 Å². The zero-order valence-corrected chi connectivity index (χ0v) is 14.7. The molecule has 126 valence electrons. The first kappa shape index (κ1) is 16.3. The lowest BCUT2D eigenvalue weighted by atomic mass is 10.0. The minimum atomic E-state index is 0.167. The molecular weight excluding hydrogens is 288 g/mol. The number of benzene rings is 1. The molecule has 1 amide bonds. The van der Waals surface area contributed by atoms with Crippen molar-refractivity contribution in [2.75, 3.05) is 34.3 Å². The van der Waals surface area contributed by atoms with Crippen LogP contribution in [0.15, 0.2) is 24.3 Å². The second-order valence-corrected chi connectivity index (χ2v) is 7.17. The molecule has 23 heavy (non-hydrogen) atoms. The number of carbonyl (C=O) groups is 1. The van der Waals surface area contributed by atoms with Crippen LogP contribution in [-0.2, 0) is 4.79 Å². The largest absolute Gasteiger partial charge is 0.497 e. The molecule has 0 aromatic heterocycles. The van der Waals surface area contributed by atoms with Crippen LogP contribution in [0, 0.1) is 11.8 Å². The Labute approximate surface area is 139 Å². The maximum Gasteiger partial charge on any atom is 0.226 e. The standard InChI is InChI=1S/C19H28N2O2/c1-5-13-11-21(12-18(13)20(2)3)19(22)17-10-16(17)14-7-6-8-15(9-14)23-4/h6-9,13,16-18H,5,10-12H2,1-4H3/t13-,16-,17-,18+/m1/s1. The summed E-state index contributed by atoms with van der Waals surface area (Å²) in [6, 6.07) is 8.65. The summed E-state index contributed by atoms with van der Waals surface area (Å²) >= 11 is 0.